The van der Waals surface area contributed by atoms with E-state index in [0.717, 1.165) is 17.5 Å². The summed E-state index contributed by atoms with van der Waals surface area (Å²) in [5.41, 5.74) is 0. The van der Waals surface area contributed by atoms with Crippen LogP contribution in [0.5, 0.6) is 0 Å². The van der Waals surface area contributed by atoms with Gasteiger partial charge < -0.3 is 5.32 Å². The van der Waals surface area contributed by atoms with Gasteiger partial charge in [0.25, 0.3) is 0 Å². The third kappa shape index (κ3) is 4.85. The molecule has 72 valence electrons. The molecule has 0 aromatic carbocycles. The number of nitrogens with zero attached hydrogens (tertiary/aromatic N) is 2. The Morgan fingerprint density at radius 2 is 2.08 bits per heavy atom. The SMILES string of the molecule is CNCCCCSc1ncccn1. The minimum atomic E-state index is 0.881. The van der Waals surface area contributed by atoms with Crippen LogP contribution in [0.2, 0.25) is 0 Å². The molecule has 0 atom stereocenters. The predicted molar refractivity (Wildman–Crippen MR) is 55.9 cm³/mol. The summed E-state index contributed by atoms with van der Waals surface area (Å²) in [7, 11) is 1.98. The molecule has 0 fully saturated rings. The fourth-order valence-corrected chi connectivity index (χ4v) is 1.73. The van der Waals surface area contributed by atoms with E-state index >= 15 is 0 Å². The summed E-state index contributed by atoms with van der Waals surface area (Å²) in [5, 5.41) is 4.01. The second-order valence-corrected chi connectivity index (χ2v) is 3.75. The van der Waals surface area contributed by atoms with E-state index in [1.54, 1.807) is 24.2 Å². The summed E-state index contributed by atoms with van der Waals surface area (Å²) in [6.07, 6.45) is 5.99. The average Bonchev–Trinajstić information content (AvgIpc) is 2.19. The first-order valence-corrected chi connectivity index (χ1v) is 5.46. The summed E-state index contributed by atoms with van der Waals surface area (Å²) >= 11 is 1.72. The van der Waals surface area contributed by atoms with Gasteiger partial charge >= 0.3 is 0 Å². The van der Waals surface area contributed by atoms with Crippen molar-refractivity contribution in [3.05, 3.63) is 18.5 Å². The van der Waals surface area contributed by atoms with Crippen molar-refractivity contribution in [2.45, 2.75) is 18.0 Å². The molecule has 1 N–H and O–H groups in total. The summed E-state index contributed by atoms with van der Waals surface area (Å²) in [6, 6.07) is 1.84. The smallest absolute Gasteiger partial charge is 0.187 e. The highest BCUT2D eigenvalue weighted by Gasteiger charge is 1.94. The highest BCUT2D eigenvalue weighted by atomic mass is 32.2. The van der Waals surface area contributed by atoms with E-state index in [2.05, 4.69) is 15.3 Å². The van der Waals surface area contributed by atoms with Crippen molar-refractivity contribution in [2.75, 3.05) is 19.3 Å². The molecule has 0 unspecified atom stereocenters. The first-order valence-electron chi connectivity index (χ1n) is 4.48. The number of aromatic nitrogens is 2. The lowest BCUT2D eigenvalue weighted by Gasteiger charge is -1.99. The molecule has 0 amide bonds. The molecule has 0 saturated heterocycles. The van der Waals surface area contributed by atoms with Gasteiger partial charge in [-0.25, -0.2) is 9.97 Å². The number of hydrogen-bond donors (Lipinski definition) is 1. The number of unbranched alkanes of at least 4 members (excludes halogenated alkanes) is 1. The third-order valence-electron chi connectivity index (χ3n) is 1.59. The standard InChI is InChI=1S/C9H15N3S/c1-10-5-2-3-8-13-9-11-6-4-7-12-9/h4,6-7,10H,2-3,5,8H2,1H3. The van der Waals surface area contributed by atoms with Crippen LogP contribution in [0, 0.1) is 0 Å². The molecule has 0 spiro atoms. The zero-order valence-electron chi connectivity index (χ0n) is 7.86. The number of rotatable bonds is 6. The highest BCUT2D eigenvalue weighted by molar-refractivity contribution is 7.99. The molecule has 1 rings (SSSR count). The summed E-state index contributed by atoms with van der Waals surface area (Å²) in [6.45, 7) is 1.09. The van der Waals surface area contributed by atoms with Crippen LogP contribution in [0.3, 0.4) is 0 Å². The van der Waals surface area contributed by atoms with Crippen LogP contribution in [-0.2, 0) is 0 Å². The van der Waals surface area contributed by atoms with Crippen molar-refractivity contribution < 1.29 is 0 Å². The van der Waals surface area contributed by atoms with E-state index in [0.29, 0.717) is 0 Å². The van der Waals surface area contributed by atoms with Gasteiger partial charge in [0.2, 0.25) is 0 Å². The van der Waals surface area contributed by atoms with Gasteiger partial charge in [-0.2, -0.15) is 0 Å². The van der Waals surface area contributed by atoms with E-state index in [9.17, 15) is 0 Å². The summed E-state index contributed by atoms with van der Waals surface area (Å²) in [4.78, 5) is 8.27. The predicted octanol–water partition coefficient (Wildman–Crippen LogP) is 1.57. The van der Waals surface area contributed by atoms with Crippen molar-refractivity contribution in [3.8, 4) is 0 Å². The van der Waals surface area contributed by atoms with Gasteiger partial charge in [-0.3, -0.25) is 0 Å². The first-order chi connectivity index (χ1) is 6.43. The van der Waals surface area contributed by atoms with Gasteiger partial charge in [-0.05, 0) is 32.5 Å². The molecule has 0 aliphatic heterocycles. The Morgan fingerprint density at radius 1 is 1.31 bits per heavy atom. The van der Waals surface area contributed by atoms with Crippen molar-refractivity contribution in [2.24, 2.45) is 0 Å². The summed E-state index contributed by atoms with van der Waals surface area (Å²) < 4.78 is 0. The molecule has 0 aliphatic carbocycles. The van der Waals surface area contributed by atoms with Crippen LogP contribution in [-0.4, -0.2) is 29.3 Å². The van der Waals surface area contributed by atoms with Gasteiger partial charge in [0.1, 0.15) is 0 Å². The van der Waals surface area contributed by atoms with Gasteiger partial charge in [0, 0.05) is 18.1 Å². The Kier molecular flexibility index (Phi) is 5.52. The van der Waals surface area contributed by atoms with Crippen molar-refractivity contribution >= 4 is 11.8 Å². The number of hydrogen-bond acceptors (Lipinski definition) is 4. The maximum absolute atomic E-state index is 4.13. The number of nitrogens with one attached hydrogen (secondary N) is 1. The highest BCUT2D eigenvalue weighted by Crippen LogP contribution is 2.12. The lowest BCUT2D eigenvalue weighted by Crippen LogP contribution is -2.07. The van der Waals surface area contributed by atoms with E-state index in [1.165, 1.54) is 12.8 Å². The maximum atomic E-state index is 4.13. The van der Waals surface area contributed by atoms with Gasteiger partial charge in [0.15, 0.2) is 5.16 Å². The summed E-state index contributed by atoms with van der Waals surface area (Å²) in [5.74, 6) is 1.10. The van der Waals surface area contributed by atoms with Crippen LogP contribution in [0.15, 0.2) is 23.6 Å². The fourth-order valence-electron chi connectivity index (χ4n) is 0.927. The quantitative estimate of drug-likeness (QED) is 0.427. The molecule has 4 heteroatoms. The van der Waals surface area contributed by atoms with Crippen LogP contribution < -0.4 is 5.32 Å². The Hall–Kier alpha value is -0.610. The van der Waals surface area contributed by atoms with Crippen LogP contribution in [0.4, 0.5) is 0 Å². The fraction of sp³-hybridized carbons (Fsp3) is 0.556. The van der Waals surface area contributed by atoms with Crippen LogP contribution in [0.1, 0.15) is 12.8 Å². The average molecular weight is 197 g/mol. The Balaban J connectivity index is 2.07. The Morgan fingerprint density at radius 3 is 2.77 bits per heavy atom. The van der Waals surface area contributed by atoms with Gasteiger partial charge in [-0.15, -0.1) is 0 Å². The maximum Gasteiger partial charge on any atom is 0.187 e. The second-order valence-electron chi connectivity index (χ2n) is 2.69. The largest absolute Gasteiger partial charge is 0.320 e. The monoisotopic (exact) mass is 197 g/mol. The molecule has 13 heavy (non-hydrogen) atoms. The van der Waals surface area contributed by atoms with Gasteiger partial charge in [-0.1, -0.05) is 11.8 Å². The second kappa shape index (κ2) is 6.86. The Labute approximate surface area is 83.4 Å². The molecular formula is C9H15N3S. The molecule has 0 saturated carbocycles. The topological polar surface area (TPSA) is 37.8 Å². The lowest BCUT2D eigenvalue weighted by atomic mass is 10.3. The molecule has 1 aromatic heterocycles. The van der Waals surface area contributed by atoms with Crippen molar-refractivity contribution in [3.63, 3.8) is 0 Å². The molecule has 0 aliphatic rings. The first kappa shape index (κ1) is 10.5. The third-order valence-corrected chi connectivity index (χ3v) is 2.56. The molecular weight excluding hydrogens is 182 g/mol. The van der Waals surface area contributed by atoms with Crippen molar-refractivity contribution in [1.82, 2.24) is 15.3 Å². The molecule has 0 bridgehead atoms. The zero-order valence-corrected chi connectivity index (χ0v) is 8.68. The molecule has 0 radical (unpaired) electrons. The van der Waals surface area contributed by atoms with Crippen LogP contribution >= 0.6 is 11.8 Å². The minimum absolute atomic E-state index is 0.881. The van der Waals surface area contributed by atoms with Crippen molar-refractivity contribution in [1.29, 1.82) is 0 Å². The minimum Gasteiger partial charge on any atom is -0.320 e. The van der Waals surface area contributed by atoms with Crippen LogP contribution in [0.25, 0.3) is 0 Å². The number of thioether (sulfide) groups is 1. The normalized spacial score (nSPS) is 10.2. The molecule has 1 aromatic rings. The van der Waals surface area contributed by atoms with Gasteiger partial charge in [0.05, 0.1) is 0 Å². The Bertz CT molecular complexity index is 215. The zero-order chi connectivity index (χ0) is 9.36. The lowest BCUT2D eigenvalue weighted by molar-refractivity contribution is 0.714. The molecule has 1 heterocycles. The van der Waals surface area contributed by atoms with E-state index in [-0.39, 0.29) is 0 Å². The van der Waals surface area contributed by atoms with E-state index < -0.39 is 0 Å². The van der Waals surface area contributed by atoms with E-state index in [4.69, 9.17) is 0 Å². The van der Waals surface area contributed by atoms with E-state index in [1.807, 2.05) is 13.1 Å². The molecule has 3 nitrogen and oxygen atoms in total.